The first kappa shape index (κ1) is 29.1. The van der Waals surface area contributed by atoms with Gasteiger partial charge in [0.25, 0.3) is 0 Å². The fourth-order valence-electron chi connectivity index (χ4n) is 5.34. The van der Waals surface area contributed by atoms with Crippen LogP contribution in [0.3, 0.4) is 0 Å². The van der Waals surface area contributed by atoms with Crippen LogP contribution in [0.5, 0.6) is 11.5 Å². The number of ether oxygens (including phenoxy) is 1. The van der Waals surface area contributed by atoms with Gasteiger partial charge in [0.05, 0.1) is 0 Å². The third kappa shape index (κ3) is 6.26. The second kappa shape index (κ2) is 13.2. The van der Waals surface area contributed by atoms with E-state index in [4.69, 9.17) is 4.74 Å². The van der Waals surface area contributed by atoms with Gasteiger partial charge in [-0.3, -0.25) is 0 Å². The highest BCUT2D eigenvalue weighted by molar-refractivity contribution is 5.83. The molecule has 8 aromatic rings. The summed E-state index contributed by atoms with van der Waals surface area (Å²) in [5, 5.41) is 0. The molecule has 0 unspecified atom stereocenters. The van der Waals surface area contributed by atoms with Crippen LogP contribution in [-0.4, -0.2) is 59.8 Å². The van der Waals surface area contributed by atoms with Gasteiger partial charge in [0, 0.05) is 33.4 Å². The minimum atomic E-state index is 0.517. The maximum atomic E-state index is 6.77. The van der Waals surface area contributed by atoms with Crippen molar-refractivity contribution in [3.8, 4) is 79.3 Å². The summed E-state index contributed by atoms with van der Waals surface area (Å²) in [7, 11) is 0. The van der Waals surface area contributed by atoms with E-state index in [9.17, 15) is 0 Å². The van der Waals surface area contributed by atoms with Gasteiger partial charge in [-0.05, 0) is 59.7 Å². The predicted octanol–water partition coefficient (Wildman–Crippen LogP) is 6.22. The summed E-state index contributed by atoms with van der Waals surface area (Å²) in [4.78, 5) is 51.0. The monoisotopic (exact) mass is 638 g/mol. The number of para-hydroxylation sites is 2. The van der Waals surface area contributed by atoms with E-state index >= 15 is 0 Å². The molecule has 0 spiro atoms. The van der Waals surface area contributed by atoms with Crippen molar-refractivity contribution < 1.29 is 4.74 Å². The van der Waals surface area contributed by atoms with E-state index in [1.54, 1.807) is 0 Å². The Morgan fingerprint density at radius 2 is 0.571 bits per heavy atom. The van der Waals surface area contributed by atoms with Crippen LogP contribution in [0.15, 0.2) is 136 Å². The van der Waals surface area contributed by atoms with E-state index in [1.165, 1.54) is 50.6 Å². The zero-order valence-electron chi connectivity index (χ0n) is 25.5. The lowest BCUT2D eigenvalue weighted by Gasteiger charge is -2.16. The van der Waals surface area contributed by atoms with Crippen molar-refractivity contribution in [3.05, 3.63) is 136 Å². The Labute approximate surface area is 279 Å². The normalized spacial score (nSPS) is 10.9. The molecule has 49 heavy (non-hydrogen) atoms. The van der Waals surface area contributed by atoms with Crippen molar-refractivity contribution >= 4 is 0 Å². The summed E-state index contributed by atoms with van der Waals surface area (Å²) in [5.74, 6) is 3.34. The predicted molar refractivity (Wildman–Crippen MR) is 179 cm³/mol. The molecule has 0 N–H and O–H groups in total. The standard InChI is InChI=1S/C36H22N12O/c1-3-7-31(29(5-1)23-9-25(33-41-15-37-16-42-33)13-26(10-23)34-43-17-38-18-44-34)49-32-8-4-2-6-30(32)24-11-27(35-45-19-39-20-46-35)14-28(12-24)36-47-21-40-22-48-36/h1-22H. The van der Waals surface area contributed by atoms with Crippen molar-refractivity contribution in [1.29, 1.82) is 0 Å². The van der Waals surface area contributed by atoms with Crippen molar-refractivity contribution in [2.75, 3.05) is 0 Å². The number of nitrogens with zero attached hydrogens (tertiary/aromatic N) is 12. The van der Waals surface area contributed by atoms with E-state index in [2.05, 4.69) is 59.8 Å². The number of hydrogen-bond acceptors (Lipinski definition) is 13. The number of benzene rings is 4. The average molecular weight is 639 g/mol. The van der Waals surface area contributed by atoms with Crippen LogP contribution in [0, 0.1) is 0 Å². The van der Waals surface area contributed by atoms with E-state index in [-0.39, 0.29) is 0 Å². The third-order valence-corrected chi connectivity index (χ3v) is 7.49. The molecule has 4 aromatic carbocycles. The van der Waals surface area contributed by atoms with Crippen LogP contribution in [-0.2, 0) is 0 Å². The van der Waals surface area contributed by atoms with Gasteiger partial charge in [-0.25, -0.2) is 59.8 Å². The summed E-state index contributed by atoms with van der Waals surface area (Å²) < 4.78 is 6.77. The molecule has 0 radical (unpaired) electrons. The Kier molecular flexibility index (Phi) is 7.86. The number of rotatable bonds is 8. The molecule has 0 aliphatic heterocycles. The molecule has 0 aliphatic rings. The lowest BCUT2D eigenvalue weighted by Crippen LogP contribution is -1.96. The Morgan fingerprint density at radius 3 is 0.878 bits per heavy atom. The molecule has 0 saturated heterocycles. The first-order chi connectivity index (χ1) is 24.3. The smallest absolute Gasteiger partial charge is 0.162 e. The van der Waals surface area contributed by atoms with Gasteiger partial charge in [-0.1, -0.05) is 36.4 Å². The highest BCUT2D eigenvalue weighted by Crippen LogP contribution is 2.41. The SMILES string of the molecule is c1ccc(-c2cc(-c3ncncn3)cc(-c3ncncn3)c2)c(Oc2ccccc2-c2cc(-c3ncncn3)cc(-c3ncncn3)c2)c1. The lowest BCUT2D eigenvalue weighted by molar-refractivity contribution is 0.486. The van der Waals surface area contributed by atoms with E-state index in [0.29, 0.717) is 34.8 Å². The van der Waals surface area contributed by atoms with Crippen molar-refractivity contribution in [1.82, 2.24) is 59.8 Å². The van der Waals surface area contributed by atoms with Gasteiger partial charge in [0.1, 0.15) is 62.1 Å². The summed E-state index contributed by atoms with van der Waals surface area (Å²) in [6, 6.07) is 27.6. The van der Waals surface area contributed by atoms with E-state index in [1.807, 2.05) is 84.9 Å². The molecular weight excluding hydrogens is 616 g/mol. The Bertz CT molecular complexity index is 2080. The molecule has 0 aliphatic carbocycles. The molecule has 8 rings (SSSR count). The highest BCUT2D eigenvalue weighted by atomic mass is 16.5. The maximum absolute atomic E-state index is 6.77. The van der Waals surface area contributed by atoms with Crippen LogP contribution in [0.4, 0.5) is 0 Å². The van der Waals surface area contributed by atoms with E-state index < -0.39 is 0 Å². The summed E-state index contributed by atoms with van der Waals surface area (Å²) in [6.45, 7) is 0. The third-order valence-electron chi connectivity index (χ3n) is 7.49. The lowest BCUT2D eigenvalue weighted by atomic mass is 9.97. The molecular formula is C36H22N12O. The first-order valence-corrected chi connectivity index (χ1v) is 14.9. The van der Waals surface area contributed by atoms with E-state index in [0.717, 1.165) is 44.5 Å². The summed E-state index contributed by atoms with van der Waals surface area (Å²) in [5.41, 5.74) is 6.48. The molecule has 13 heteroatoms. The Balaban J connectivity index is 1.24. The number of hydrogen-bond donors (Lipinski definition) is 0. The fourth-order valence-corrected chi connectivity index (χ4v) is 5.34. The highest BCUT2D eigenvalue weighted by Gasteiger charge is 2.17. The van der Waals surface area contributed by atoms with Crippen LogP contribution in [0.1, 0.15) is 0 Å². The van der Waals surface area contributed by atoms with Gasteiger partial charge in [0.15, 0.2) is 23.3 Å². The van der Waals surface area contributed by atoms with Gasteiger partial charge in [-0.15, -0.1) is 0 Å². The molecule has 4 heterocycles. The largest absolute Gasteiger partial charge is 0.456 e. The van der Waals surface area contributed by atoms with Gasteiger partial charge in [0.2, 0.25) is 0 Å². The minimum Gasteiger partial charge on any atom is -0.456 e. The molecule has 13 nitrogen and oxygen atoms in total. The molecule has 232 valence electrons. The first-order valence-electron chi connectivity index (χ1n) is 14.9. The summed E-state index contributed by atoms with van der Waals surface area (Å²) >= 11 is 0. The molecule has 4 aromatic heterocycles. The van der Waals surface area contributed by atoms with Crippen molar-refractivity contribution in [2.45, 2.75) is 0 Å². The molecule has 0 fully saturated rings. The van der Waals surface area contributed by atoms with Crippen LogP contribution in [0.2, 0.25) is 0 Å². The second-order valence-electron chi connectivity index (χ2n) is 10.5. The maximum Gasteiger partial charge on any atom is 0.162 e. The van der Waals surface area contributed by atoms with Gasteiger partial charge < -0.3 is 4.74 Å². The van der Waals surface area contributed by atoms with Crippen molar-refractivity contribution in [3.63, 3.8) is 0 Å². The fraction of sp³-hybridized carbons (Fsp3) is 0. The van der Waals surface area contributed by atoms with Crippen molar-refractivity contribution in [2.24, 2.45) is 0 Å². The average Bonchev–Trinajstić information content (AvgIpc) is 3.19. The van der Waals surface area contributed by atoms with Crippen LogP contribution >= 0.6 is 0 Å². The summed E-state index contributed by atoms with van der Waals surface area (Å²) in [6.07, 6.45) is 11.7. The molecule has 0 amide bonds. The van der Waals surface area contributed by atoms with Gasteiger partial charge in [-0.2, -0.15) is 0 Å². The minimum absolute atomic E-state index is 0.517. The Morgan fingerprint density at radius 1 is 0.306 bits per heavy atom. The van der Waals surface area contributed by atoms with Crippen LogP contribution < -0.4 is 4.74 Å². The topological polar surface area (TPSA) is 164 Å². The van der Waals surface area contributed by atoms with Crippen LogP contribution in [0.25, 0.3) is 67.8 Å². The number of aromatic nitrogens is 12. The second-order valence-corrected chi connectivity index (χ2v) is 10.5. The zero-order valence-corrected chi connectivity index (χ0v) is 25.5. The quantitative estimate of drug-likeness (QED) is 0.184. The molecule has 0 atom stereocenters. The molecule has 0 bridgehead atoms. The zero-order chi connectivity index (χ0) is 32.8. The molecule has 0 saturated carbocycles. The van der Waals surface area contributed by atoms with Gasteiger partial charge >= 0.3 is 0 Å². The Hall–Kier alpha value is -7.28.